The van der Waals surface area contributed by atoms with Gasteiger partial charge in [-0.2, -0.15) is 5.10 Å². The Labute approximate surface area is 150 Å². The first-order valence-corrected chi connectivity index (χ1v) is 8.24. The predicted molar refractivity (Wildman–Crippen MR) is 103 cm³/mol. The standard InChI is InChI=1S/C20H17N5O/c1-14-18-12-16(23-20(26)22-15-8-4-2-5-9-15)13-21-19(18)25(24-14)17-10-6-3-7-11-17/h2-13H,1H3,(H2,22,23,26). The molecule has 6 heteroatoms. The highest BCUT2D eigenvalue weighted by molar-refractivity contribution is 6.00. The fourth-order valence-corrected chi connectivity index (χ4v) is 2.78. The lowest BCUT2D eigenvalue weighted by Gasteiger charge is -2.08. The third-order valence-electron chi connectivity index (χ3n) is 4.00. The number of nitrogens with zero attached hydrogens (tertiary/aromatic N) is 3. The van der Waals surface area contributed by atoms with Crippen LogP contribution in [0.15, 0.2) is 72.9 Å². The number of urea groups is 1. The fourth-order valence-electron chi connectivity index (χ4n) is 2.78. The van der Waals surface area contributed by atoms with Crippen LogP contribution in [0.3, 0.4) is 0 Å². The molecule has 0 unspecified atom stereocenters. The second kappa shape index (κ2) is 6.68. The Hall–Kier alpha value is -3.67. The van der Waals surface area contributed by atoms with Crippen LogP contribution in [0, 0.1) is 6.92 Å². The average molecular weight is 343 g/mol. The number of aromatic nitrogens is 3. The van der Waals surface area contributed by atoms with Crippen LogP contribution in [0.4, 0.5) is 16.2 Å². The summed E-state index contributed by atoms with van der Waals surface area (Å²) in [5, 5.41) is 11.1. The number of hydrogen-bond acceptors (Lipinski definition) is 3. The van der Waals surface area contributed by atoms with Crippen LogP contribution in [0.2, 0.25) is 0 Å². The van der Waals surface area contributed by atoms with Gasteiger partial charge in [0.05, 0.1) is 23.3 Å². The maximum Gasteiger partial charge on any atom is 0.323 e. The van der Waals surface area contributed by atoms with Crippen molar-refractivity contribution in [1.82, 2.24) is 14.8 Å². The molecule has 6 nitrogen and oxygen atoms in total. The molecule has 2 amide bonds. The summed E-state index contributed by atoms with van der Waals surface area (Å²) in [7, 11) is 0. The number of benzene rings is 2. The molecule has 2 aromatic heterocycles. The zero-order valence-electron chi connectivity index (χ0n) is 14.2. The number of rotatable bonds is 3. The Morgan fingerprint density at radius 3 is 2.31 bits per heavy atom. The van der Waals surface area contributed by atoms with E-state index in [4.69, 9.17) is 0 Å². The normalized spacial score (nSPS) is 10.7. The summed E-state index contributed by atoms with van der Waals surface area (Å²) in [5.74, 6) is 0. The largest absolute Gasteiger partial charge is 0.323 e. The summed E-state index contributed by atoms with van der Waals surface area (Å²) >= 11 is 0. The minimum Gasteiger partial charge on any atom is -0.308 e. The van der Waals surface area contributed by atoms with Crippen molar-refractivity contribution in [3.8, 4) is 5.69 Å². The van der Waals surface area contributed by atoms with Gasteiger partial charge < -0.3 is 10.6 Å². The first-order valence-electron chi connectivity index (χ1n) is 8.24. The van der Waals surface area contributed by atoms with Crippen molar-refractivity contribution in [2.45, 2.75) is 6.92 Å². The van der Waals surface area contributed by atoms with Gasteiger partial charge in [-0.3, -0.25) is 0 Å². The molecule has 0 atom stereocenters. The lowest BCUT2D eigenvalue weighted by molar-refractivity contribution is 0.262. The number of amides is 2. The summed E-state index contributed by atoms with van der Waals surface area (Å²) < 4.78 is 1.80. The number of hydrogen-bond donors (Lipinski definition) is 2. The van der Waals surface area contributed by atoms with Gasteiger partial charge in [-0.05, 0) is 37.3 Å². The van der Waals surface area contributed by atoms with E-state index in [9.17, 15) is 4.79 Å². The molecule has 0 aliphatic rings. The lowest BCUT2D eigenvalue weighted by atomic mass is 10.2. The van der Waals surface area contributed by atoms with Crippen molar-refractivity contribution < 1.29 is 4.79 Å². The molecular weight excluding hydrogens is 326 g/mol. The van der Waals surface area contributed by atoms with E-state index in [1.807, 2.05) is 73.7 Å². The van der Waals surface area contributed by atoms with E-state index in [0.717, 1.165) is 28.1 Å². The number of pyridine rings is 1. The van der Waals surface area contributed by atoms with Crippen LogP contribution >= 0.6 is 0 Å². The van der Waals surface area contributed by atoms with Crippen LogP contribution in [0.1, 0.15) is 5.69 Å². The van der Waals surface area contributed by atoms with Crippen LogP contribution in [-0.4, -0.2) is 20.8 Å². The monoisotopic (exact) mass is 343 g/mol. The van der Waals surface area contributed by atoms with Crippen molar-refractivity contribution >= 4 is 28.4 Å². The van der Waals surface area contributed by atoms with Crippen molar-refractivity contribution in [2.75, 3.05) is 10.6 Å². The third kappa shape index (κ3) is 3.12. The second-order valence-electron chi connectivity index (χ2n) is 5.87. The highest BCUT2D eigenvalue weighted by atomic mass is 16.2. The molecule has 0 bridgehead atoms. The summed E-state index contributed by atoms with van der Waals surface area (Å²) in [5.41, 5.74) is 3.89. The van der Waals surface area contributed by atoms with E-state index in [1.165, 1.54) is 0 Å². The zero-order valence-corrected chi connectivity index (χ0v) is 14.2. The lowest BCUT2D eigenvalue weighted by Crippen LogP contribution is -2.19. The van der Waals surface area contributed by atoms with Gasteiger partial charge in [-0.15, -0.1) is 0 Å². The van der Waals surface area contributed by atoms with Crippen LogP contribution in [-0.2, 0) is 0 Å². The zero-order chi connectivity index (χ0) is 17.9. The molecule has 128 valence electrons. The van der Waals surface area contributed by atoms with Gasteiger partial charge in [-0.1, -0.05) is 36.4 Å². The molecule has 0 radical (unpaired) electrons. The van der Waals surface area contributed by atoms with Crippen molar-refractivity contribution in [3.05, 3.63) is 78.6 Å². The number of carbonyl (C=O) groups excluding carboxylic acids is 1. The summed E-state index contributed by atoms with van der Waals surface area (Å²) in [6.45, 7) is 1.93. The molecule has 2 aromatic carbocycles. The Bertz CT molecular complexity index is 1060. The van der Waals surface area contributed by atoms with Crippen LogP contribution < -0.4 is 10.6 Å². The molecule has 26 heavy (non-hydrogen) atoms. The second-order valence-corrected chi connectivity index (χ2v) is 5.87. The third-order valence-corrected chi connectivity index (χ3v) is 4.00. The van der Waals surface area contributed by atoms with Crippen molar-refractivity contribution in [1.29, 1.82) is 0 Å². The molecular formula is C20H17N5O. The first-order chi connectivity index (χ1) is 12.7. The van der Waals surface area contributed by atoms with Gasteiger partial charge in [0.2, 0.25) is 0 Å². The highest BCUT2D eigenvalue weighted by Gasteiger charge is 2.12. The van der Waals surface area contributed by atoms with E-state index in [1.54, 1.807) is 10.9 Å². The number of aryl methyl sites for hydroxylation is 1. The van der Waals surface area contributed by atoms with E-state index >= 15 is 0 Å². The van der Waals surface area contributed by atoms with Crippen LogP contribution in [0.5, 0.6) is 0 Å². The topological polar surface area (TPSA) is 71.8 Å². The summed E-state index contributed by atoms with van der Waals surface area (Å²) in [4.78, 5) is 16.7. The Balaban J connectivity index is 1.60. The van der Waals surface area contributed by atoms with Crippen molar-refractivity contribution in [2.24, 2.45) is 0 Å². The summed E-state index contributed by atoms with van der Waals surface area (Å²) in [6.07, 6.45) is 1.63. The highest BCUT2D eigenvalue weighted by Crippen LogP contribution is 2.23. The molecule has 0 fully saturated rings. The smallest absolute Gasteiger partial charge is 0.308 e. The number of para-hydroxylation sites is 2. The molecule has 0 aliphatic carbocycles. The quantitative estimate of drug-likeness (QED) is 0.580. The van der Waals surface area contributed by atoms with Gasteiger partial charge in [0, 0.05) is 11.1 Å². The molecule has 2 N–H and O–H groups in total. The van der Waals surface area contributed by atoms with E-state index < -0.39 is 0 Å². The molecule has 0 aliphatic heterocycles. The molecule has 4 aromatic rings. The Kier molecular flexibility index (Phi) is 4.07. The van der Waals surface area contributed by atoms with E-state index in [2.05, 4.69) is 20.7 Å². The number of nitrogens with one attached hydrogen (secondary N) is 2. The van der Waals surface area contributed by atoms with Gasteiger partial charge >= 0.3 is 6.03 Å². The molecule has 0 spiro atoms. The average Bonchev–Trinajstić information content (AvgIpc) is 2.99. The first kappa shape index (κ1) is 15.8. The molecule has 4 rings (SSSR count). The molecule has 0 saturated carbocycles. The van der Waals surface area contributed by atoms with E-state index in [-0.39, 0.29) is 6.03 Å². The van der Waals surface area contributed by atoms with Crippen LogP contribution in [0.25, 0.3) is 16.7 Å². The van der Waals surface area contributed by atoms with Gasteiger partial charge in [0.15, 0.2) is 5.65 Å². The van der Waals surface area contributed by atoms with Gasteiger partial charge in [0.1, 0.15) is 0 Å². The minimum atomic E-state index is -0.314. The maximum absolute atomic E-state index is 12.2. The van der Waals surface area contributed by atoms with E-state index in [0.29, 0.717) is 5.69 Å². The molecule has 0 saturated heterocycles. The Morgan fingerprint density at radius 1 is 0.923 bits per heavy atom. The summed E-state index contributed by atoms with van der Waals surface area (Å²) in [6, 6.07) is 20.7. The van der Waals surface area contributed by atoms with Gasteiger partial charge in [-0.25, -0.2) is 14.5 Å². The minimum absolute atomic E-state index is 0.314. The maximum atomic E-state index is 12.2. The molecule has 2 heterocycles. The van der Waals surface area contributed by atoms with Crippen molar-refractivity contribution in [3.63, 3.8) is 0 Å². The fraction of sp³-hybridized carbons (Fsp3) is 0.0500. The SMILES string of the molecule is Cc1nn(-c2ccccc2)c2ncc(NC(=O)Nc3ccccc3)cc12. The predicted octanol–water partition coefficient (Wildman–Crippen LogP) is 4.37. The Morgan fingerprint density at radius 2 is 1.58 bits per heavy atom. The number of fused-ring (bicyclic) bond motifs is 1. The number of anilines is 2. The van der Waals surface area contributed by atoms with Gasteiger partial charge in [0.25, 0.3) is 0 Å². The number of carbonyl (C=O) groups is 1.